The van der Waals surface area contributed by atoms with Crippen molar-refractivity contribution in [2.24, 2.45) is 0 Å². The van der Waals surface area contributed by atoms with Crippen LogP contribution in [0.3, 0.4) is 0 Å². The zero-order valence-corrected chi connectivity index (χ0v) is 12.4. The molecule has 1 aliphatic carbocycles. The summed E-state index contributed by atoms with van der Waals surface area (Å²) in [6, 6.07) is 1.83. The van der Waals surface area contributed by atoms with Gasteiger partial charge in [-0.1, -0.05) is 11.6 Å². The highest BCUT2D eigenvalue weighted by Crippen LogP contribution is 2.40. The van der Waals surface area contributed by atoms with Crippen molar-refractivity contribution in [3.8, 4) is 10.7 Å². The molecule has 1 saturated carbocycles. The highest BCUT2D eigenvalue weighted by Gasteiger charge is 2.29. The molecule has 0 atom stereocenters. The van der Waals surface area contributed by atoms with Gasteiger partial charge in [0.05, 0.1) is 15.6 Å². The highest BCUT2D eigenvalue weighted by molar-refractivity contribution is 14.1. The van der Waals surface area contributed by atoms with Crippen molar-refractivity contribution < 1.29 is 0 Å². The molecule has 0 aromatic carbocycles. The van der Waals surface area contributed by atoms with E-state index >= 15 is 0 Å². The maximum absolute atomic E-state index is 11.8. The molecule has 0 aliphatic heterocycles. The zero-order chi connectivity index (χ0) is 12.0. The molecule has 0 unspecified atom stereocenters. The number of hydrogen-bond acceptors (Lipinski definition) is 3. The van der Waals surface area contributed by atoms with E-state index in [-0.39, 0.29) is 5.56 Å². The van der Waals surface area contributed by atoms with Gasteiger partial charge < -0.3 is 4.98 Å². The van der Waals surface area contributed by atoms with E-state index in [1.807, 2.05) is 11.4 Å². The lowest BCUT2D eigenvalue weighted by Gasteiger charge is -2.03. The molecule has 2 aromatic rings. The molecule has 0 amide bonds. The summed E-state index contributed by atoms with van der Waals surface area (Å²) in [5.41, 5.74) is 0.885. The van der Waals surface area contributed by atoms with Gasteiger partial charge in [0.15, 0.2) is 5.82 Å². The predicted octanol–water partition coefficient (Wildman–Crippen LogP) is 3.63. The molecule has 2 heterocycles. The Morgan fingerprint density at radius 3 is 2.88 bits per heavy atom. The number of H-pyrrole nitrogens is 1. The van der Waals surface area contributed by atoms with Crippen molar-refractivity contribution in [1.29, 1.82) is 0 Å². The maximum Gasteiger partial charge on any atom is 0.264 e. The van der Waals surface area contributed by atoms with Gasteiger partial charge in [0.1, 0.15) is 3.57 Å². The zero-order valence-electron chi connectivity index (χ0n) is 8.67. The first-order valence-corrected chi connectivity index (χ1v) is 7.53. The Morgan fingerprint density at radius 1 is 1.53 bits per heavy atom. The van der Waals surface area contributed by atoms with Gasteiger partial charge >= 0.3 is 0 Å². The van der Waals surface area contributed by atoms with Crippen LogP contribution in [-0.4, -0.2) is 9.97 Å². The minimum absolute atomic E-state index is 0.0537. The fourth-order valence-corrected chi connectivity index (χ4v) is 3.37. The van der Waals surface area contributed by atoms with Crippen molar-refractivity contribution in [3.05, 3.63) is 36.1 Å². The smallest absolute Gasteiger partial charge is 0.264 e. The van der Waals surface area contributed by atoms with Gasteiger partial charge in [-0.2, -0.15) is 0 Å². The second-order valence-corrected chi connectivity index (χ2v) is 6.44. The average molecular weight is 379 g/mol. The molecule has 1 aliphatic rings. The molecule has 1 N–H and O–H groups in total. The first-order valence-electron chi connectivity index (χ1n) is 5.19. The molecule has 0 saturated heterocycles. The number of halogens is 2. The highest BCUT2D eigenvalue weighted by atomic mass is 127. The van der Waals surface area contributed by atoms with Crippen LogP contribution in [-0.2, 0) is 0 Å². The summed E-state index contributed by atoms with van der Waals surface area (Å²) in [7, 11) is 0. The minimum atomic E-state index is -0.0537. The Hall–Kier alpha value is -0.400. The van der Waals surface area contributed by atoms with E-state index in [0.717, 1.165) is 27.0 Å². The molecule has 0 bridgehead atoms. The number of rotatable bonds is 2. The van der Waals surface area contributed by atoms with E-state index in [2.05, 4.69) is 32.6 Å². The predicted molar refractivity (Wildman–Crippen MR) is 77.9 cm³/mol. The fourth-order valence-electron chi connectivity index (χ4n) is 1.66. The van der Waals surface area contributed by atoms with Gasteiger partial charge in [0.25, 0.3) is 5.56 Å². The first-order chi connectivity index (χ1) is 8.15. The lowest BCUT2D eigenvalue weighted by atomic mass is 10.3. The van der Waals surface area contributed by atoms with Crippen molar-refractivity contribution in [1.82, 2.24) is 9.97 Å². The molecule has 0 spiro atoms. The molecule has 3 rings (SSSR count). The second kappa shape index (κ2) is 4.37. The number of nitrogens with one attached hydrogen (secondary N) is 1. The summed E-state index contributed by atoms with van der Waals surface area (Å²) >= 11 is 9.45. The second-order valence-electron chi connectivity index (χ2n) is 4.02. The number of nitrogens with zero attached hydrogens (tertiary/aromatic N) is 1. The van der Waals surface area contributed by atoms with Crippen LogP contribution in [0, 0.1) is 3.57 Å². The summed E-state index contributed by atoms with van der Waals surface area (Å²) in [5, 5.41) is 2.52. The number of hydrogen-bond donors (Lipinski definition) is 1. The van der Waals surface area contributed by atoms with E-state index in [1.165, 1.54) is 11.3 Å². The Labute approximate surface area is 120 Å². The van der Waals surface area contributed by atoms with Crippen molar-refractivity contribution in [2.75, 3.05) is 0 Å². The third kappa shape index (κ3) is 2.28. The lowest BCUT2D eigenvalue weighted by Crippen LogP contribution is -2.15. The monoisotopic (exact) mass is 378 g/mol. The molecule has 6 heteroatoms. The fraction of sp³-hybridized carbons (Fsp3) is 0.273. The molecular weight excluding hydrogens is 371 g/mol. The summed E-state index contributed by atoms with van der Waals surface area (Å²) < 4.78 is 0.719. The minimum Gasteiger partial charge on any atom is -0.305 e. The molecule has 0 radical (unpaired) electrons. The Balaban J connectivity index is 2.14. The Kier molecular flexibility index (Phi) is 3.00. The number of thiophene rings is 1. The normalized spacial score (nSPS) is 15.2. The van der Waals surface area contributed by atoms with E-state index in [1.54, 1.807) is 0 Å². The molecular formula is C11H8ClIN2OS. The van der Waals surface area contributed by atoms with Crippen LogP contribution >= 0.6 is 45.5 Å². The van der Waals surface area contributed by atoms with E-state index in [9.17, 15) is 4.79 Å². The van der Waals surface area contributed by atoms with Crippen LogP contribution in [0.15, 0.2) is 16.2 Å². The van der Waals surface area contributed by atoms with Crippen LogP contribution in [0.1, 0.15) is 24.5 Å². The van der Waals surface area contributed by atoms with Crippen molar-refractivity contribution in [3.63, 3.8) is 0 Å². The van der Waals surface area contributed by atoms with Gasteiger partial charge in [0, 0.05) is 11.3 Å². The largest absolute Gasteiger partial charge is 0.305 e. The first kappa shape index (κ1) is 11.7. The van der Waals surface area contributed by atoms with Crippen LogP contribution < -0.4 is 5.56 Å². The topological polar surface area (TPSA) is 45.8 Å². The quantitative estimate of drug-likeness (QED) is 0.811. The summed E-state index contributed by atoms with van der Waals surface area (Å²) in [6.07, 6.45) is 2.27. The van der Waals surface area contributed by atoms with Gasteiger partial charge in [-0.3, -0.25) is 4.79 Å². The third-order valence-corrected chi connectivity index (χ3v) is 4.98. The SMILES string of the molecule is O=c1[nH]c(-c2cc(Cl)cs2)nc(C2CC2)c1I. The van der Waals surface area contributed by atoms with E-state index in [4.69, 9.17) is 11.6 Å². The van der Waals surface area contributed by atoms with Gasteiger partial charge in [-0.15, -0.1) is 11.3 Å². The van der Waals surface area contributed by atoms with Crippen LogP contribution in [0.2, 0.25) is 5.02 Å². The van der Waals surface area contributed by atoms with Gasteiger partial charge in [-0.05, 0) is 41.5 Å². The van der Waals surface area contributed by atoms with Crippen LogP contribution in [0.4, 0.5) is 0 Å². The van der Waals surface area contributed by atoms with Crippen molar-refractivity contribution in [2.45, 2.75) is 18.8 Å². The third-order valence-electron chi connectivity index (χ3n) is 2.65. The standard InChI is InChI=1S/C11H8ClIN2OS/c12-6-3-7(17-4-6)10-14-9(5-1-2-5)8(13)11(16)15-10/h3-5H,1-2H2,(H,14,15,16). The van der Waals surface area contributed by atoms with E-state index in [0.29, 0.717) is 16.8 Å². The molecule has 88 valence electrons. The number of aromatic amines is 1. The lowest BCUT2D eigenvalue weighted by molar-refractivity contribution is 0.960. The van der Waals surface area contributed by atoms with Crippen molar-refractivity contribution >= 4 is 45.5 Å². The van der Waals surface area contributed by atoms with Gasteiger partial charge in [0.2, 0.25) is 0 Å². The maximum atomic E-state index is 11.8. The molecule has 3 nitrogen and oxygen atoms in total. The van der Waals surface area contributed by atoms with Crippen LogP contribution in [0.5, 0.6) is 0 Å². The molecule has 2 aromatic heterocycles. The van der Waals surface area contributed by atoms with Gasteiger partial charge in [-0.25, -0.2) is 4.98 Å². The molecule has 1 fully saturated rings. The molecule has 17 heavy (non-hydrogen) atoms. The summed E-state index contributed by atoms with van der Waals surface area (Å²) in [5.74, 6) is 1.10. The summed E-state index contributed by atoms with van der Waals surface area (Å²) in [4.78, 5) is 20.1. The van der Waals surface area contributed by atoms with Crippen LogP contribution in [0.25, 0.3) is 10.7 Å². The Bertz CT molecular complexity index is 633. The Morgan fingerprint density at radius 2 is 2.29 bits per heavy atom. The average Bonchev–Trinajstić information content (AvgIpc) is 3.05. The van der Waals surface area contributed by atoms with E-state index < -0.39 is 0 Å². The number of aromatic nitrogens is 2. The summed E-state index contributed by atoms with van der Waals surface area (Å²) in [6.45, 7) is 0.